The van der Waals surface area contributed by atoms with Crippen LogP contribution in [0, 0.1) is 5.41 Å². The van der Waals surface area contributed by atoms with E-state index < -0.39 is 7.60 Å². The van der Waals surface area contributed by atoms with Gasteiger partial charge in [-0.25, -0.2) is 0 Å². The summed E-state index contributed by atoms with van der Waals surface area (Å²) in [4.78, 5) is 0. The number of rotatable bonds is 5. The Hall–Kier alpha value is 0.0700. The molecule has 1 saturated heterocycles. The molecule has 0 aromatic rings. The van der Waals surface area contributed by atoms with Crippen LogP contribution in [0.15, 0.2) is 0 Å². The maximum Gasteiger partial charge on any atom is 0.348 e. The van der Waals surface area contributed by atoms with Gasteiger partial charge in [0.15, 0.2) is 0 Å². The lowest BCUT2D eigenvalue weighted by Gasteiger charge is -2.49. The molecular formula is C14H28NO4P. The first-order chi connectivity index (χ1) is 9.37. The van der Waals surface area contributed by atoms with Crippen LogP contribution in [0.5, 0.6) is 0 Å². The summed E-state index contributed by atoms with van der Waals surface area (Å²) in [5, 5.41) is 3.49. The Bertz CT molecular complexity index is 369. The smallest absolute Gasteiger partial charge is 0.348 e. The molecule has 0 aromatic carbocycles. The first kappa shape index (κ1) is 16.4. The zero-order valence-electron chi connectivity index (χ0n) is 13.1. The Morgan fingerprint density at radius 1 is 1.20 bits per heavy atom. The van der Waals surface area contributed by atoms with E-state index in [0.29, 0.717) is 19.8 Å². The van der Waals surface area contributed by atoms with Crippen molar-refractivity contribution in [3.05, 3.63) is 0 Å². The molecule has 0 bridgehead atoms. The minimum absolute atomic E-state index is 0.284. The Labute approximate surface area is 122 Å². The second-order valence-electron chi connectivity index (χ2n) is 6.40. The number of ether oxygens (including phenoxy) is 1. The molecule has 1 atom stereocenters. The summed E-state index contributed by atoms with van der Waals surface area (Å²) in [7, 11) is -3.19. The van der Waals surface area contributed by atoms with Gasteiger partial charge in [0, 0.05) is 5.41 Å². The van der Waals surface area contributed by atoms with Crippen LogP contribution < -0.4 is 5.32 Å². The SMILES string of the molecule is CCOP(=O)(OCC)C1NC2(CCCC2)OCC1(C)C. The van der Waals surface area contributed by atoms with Crippen LogP contribution >= 0.6 is 7.60 Å². The lowest BCUT2D eigenvalue weighted by Crippen LogP contribution is -2.62. The molecule has 1 heterocycles. The normalized spacial score (nSPS) is 28.9. The fourth-order valence-corrected chi connectivity index (χ4v) is 5.59. The summed E-state index contributed by atoms with van der Waals surface area (Å²) in [6.45, 7) is 9.16. The number of hydrogen-bond acceptors (Lipinski definition) is 5. The van der Waals surface area contributed by atoms with E-state index in [-0.39, 0.29) is 16.9 Å². The highest BCUT2D eigenvalue weighted by Crippen LogP contribution is 2.60. The standard InChI is InChI=1S/C14H28NO4P/c1-5-18-20(16,19-6-2)12-13(3,4)11-17-14(15-12)9-7-8-10-14/h12,15H,5-11H2,1-4H3. The molecule has 2 fully saturated rings. The van der Waals surface area contributed by atoms with E-state index in [1.807, 2.05) is 13.8 Å². The van der Waals surface area contributed by atoms with Gasteiger partial charge in [-0.1, -0.05) is 13.8 Å². The summed E-state index contributed by atoms with van der Waals surface area (Å²) in [6, 6.07) is 0. The van der Waals surface area contributed by atoms with Gasteiger partial charge >= 0.3 is 7.60 Å². The maximum absolute atomic E-state index is 13.2. The third-order valence-electron chi connectivity index (χ3n) is 4.21. The van der Waals surface area contributed by atoms with E-state index >= 15 is 0 Å². The first-order valence-corrected chi connectivity index (χ1v) is 9.29. The monoisotopic (exact) mass is 305 g/mol. The molecule has 1 aliphatic heterocycles. The molecule has 5 nitrogen and oxygen atoms in total. The molecule has 1 spiro atoms. The largest absolute Gasteiger partial charge is 0.360 e. The molecule has 1 N–H and O–H groups in total. The zero-order chi connectivity index (χ0) is 14.9. The van der Waals surface area contributed by atoms with Gasteiger partial charge in [-0.15, -0.1) is 0 Å². The van der Waals surface area contributed by atoms with Crippen molar-refractivity contribution in [2.24, 2.45) is 5.41 Å². The summed E-state index contributed by atoms with van der Waals surface area (Å²) >= 11 is 0. The first-order valence-electron chi connectivity index (χ1n) is 7.68. The molecule has 1 aliphatic carbocycles. The predicted octanol–water partition coefficient (Wildman–Crippen LogP) is 3.49. The lowest BCUT2D eigenvalue weighted by atomic mass is 9.91. The summed E-state index contributed by atoms with van der Waals surface area (Å²) in [6.07, 6.45) is 4.23. The van der Waals surface area contributed by atoms with Crippen molar-refractivity contribution in [2.75, 3.05) is 19.8 Å². The predicted molar refractivity (Wildman–Crippen MR) is 78.7 cm³/mol. The Morgan fingerprint density at radius 3 is 2.25 bits per heavy atom. The van der Waals surface area contributed by atoms with Crippen molar-refractivity contribution in [3.63, 3.8) is 0 Å². The van der Waals surface area contributed by atoms with Crippen LogP contribution in [0.3, 0.4) is 0 Å². The maximum atomic E-state index is 13.2. The van der Waals surface area contributed by atoms with Crippen molar-refractivity contribution in [1.82, 2.24) is 5.32 Å². The van der Waals surface area contributed by atoms with Crippen LogP contribution in [0.1, 0.15) is 53.4 Å². The molecule has 0 radical (unpaired) electrons. The molecule has 2 aliphatic rings. The molecule has 1 unspecified atom stereocenters. The summed E-state index contributed by atoms with van der Waals surface area (Å²) in [5.41, 5.74) is -0.613. The minimum atomic E-state index is -3.19. The average molecular weight is 305 g/mol. The molecule has 2 rings (SSSR count). The molecule has 20 heavy (non-hydrogen) atoms. The fraction of sp³-hybridized carbons (Fsp3) is 1.00. The van der Waals surface area contributed by atoms with Crippen molar-refractivity contribution in [1.29, 1.82) is 0 Å². The van der Waals surface area contributed by atoms with Crippen molar-refractivity contribution >= 4 is 7.60 Å². The van der Waals surface area contributed by atoms with Gasteiger partial charge in [-0.05, 0) is 39.5 Å². The lowest BCUT2D eigenvalue weighted by molar-refractivity contribution is -0.144. The third kappa shape index (κ3) is 3.12. The van der Waals surface area contributed by atoms with E-state index in [1.165, 1.54) is 0 Å². The Morgan fingerprint density at radius 2 is 1.75 bits per heavy atom. The molecule has 1 saturated carbocycles. The van der Waals surface area contributed by atoms with Crippen LogP contribution in [-0.2, 0) is 18.3 Å². The highest BCUT2D eigenvalue weighted by Gasteiger charge is 2.54. The molecule has 0 amide bonds. The number of hydrogen-bond donors (Lipinski definition) is 1. The highest BCUT2D eigenvalue weighted by atomic mass is 31.2. The third-order valence-corrected chi connectivity index (χ3v) is 6.90. The van der Waals surface area contributed by atoms with Crippen molar-refractivity contribution in [2.45, 2.75) is 64.9 Å². The minimum Gasteiger partial charge on any atom is -0.360 e. The van der Waals surface area contributed by atoms with Crippen molar-refractivity contribution in [3.8, 4) is 0 Å². The van der Waals surface area contributed by atoms with Crippen molar-refractivity contribution < 1.29 is 18.3 Å². The molecular weight excluding hydrogens is 277 g/mol. The quantitative estimate of drug-likeness (QED) is 0.788. The topological polar surface area (TPSA) is 56.8 Å². The molecule has 0 aromatic heterocycles. The van der Waals surface area contributed by atoms with Crippen LogP contribution in [0.2, 0.25) is 0 Å². The van der Waals surface area contributed by atoms with E-state index in [1.54, 1.807) is 0 Å². The van der Waals surface area contributed by atoms with E-state index in [0.717, 1.165) is 25.7 Å². The fourth-order valence-electron chi connectivity index (χ4n) is 3.18. The van der Waals surface area contributed by atoms with Crippen LogP contribution in [0.4, 0.5) is 0 Å². The van der Waals surface area contributed by atoms with Gasteiger partial charge in [0.1, 0.15) is 11.5 Å². The van der Waals surface area contributed by atoms with Gasteiger partial charge in [-0.2, -0.15) is 0 Å². The zero-order valence-corrected chi connectivity index (χ0v) is 14.0. The summed E-state index contributed by atoms with van der Waals surface area (Å²) < 4.78 is 30.4. The van der Waals surface area contributed by atoms with E-state index in [2.05, 4.69) is 19.2 Å². The van der Waals surface area contributed by atoms with Gasteiger partial charge in [-0.3, -0.25) is 9.88 Å². The molecule has 6 heteroatoms. The van der Waals surface area contributed by atoms with Crippen LogP contribution in [-0.4, -0.2) is 31.3 Å². The molecule has 118 valence electrons. The second kappa shape index (κ2) is 6.05. The van der Waals surface area contributed by atoms with Gasteiger partial charge in [0.2, 0.25) is 0 Å². The second-order valence-corrected chi connectivity index (χ2v) is 8.51. The Kier molecular flexibility index (Phi) is 4.98. The average Bonchev–Trinajstić information content (AvgIpc) is 2.82. The van der Waals surface area contributed by atoms with Gasteiger partial charge < -0.3 is 13.8 Å². The van der Waals surface area contributed by atoms with Gasteiger partial charge in [0.05, 0.1) is 19.8 Å². The number of nitrogens with one attached hydrogen (secondary N) is 1. The van der Waals surface area contributed by atoms with E-state index in [4.69, 9.17) is 13.8 Å². The van der Waals surface area contributed by atoms with Gasteiger partial charge in [0.25, 0.3) is 0 Å². The summed E-state index contributed by atoms with van der Waals surface area (Å²) in [5.74, 6) is -0.318. The highest BCUT2D eigenvalue weighted by molar-refractivity contribution is 7.54. The Balaban J connectivity index is 2.25. The van der Waals surface area contributed by atoms with E-state index in [9.17, 15) is 4.57 Å². The van der Waals surface area contributed by atoms with Crippen LogP contribution in [0.25, 0.3) is 0 Å².